The van der Waals surface area contributed by atoms with Gasteiger partial charge >= 0.3 is 0 Å². The molecule has 0 spiro atoms. The highest BCUT2D eigenvalue weighted by atomic mass is 16.1. The average molecular weight is 340 g/mol. The van der Waals surface area contributed by atoms with E-state index in [1.165, 1.54) is 5.56 Å². The molecule has 0 aliphatic heterocycles. The van der Waals surface area contributed by atoms with Crippen LogP contribution in [0.3, 0.4) is 0 Å². The van der Waals surface area contributed by atoms with Gasteiger partial charge in [-0.3, -0.25) is 9.36 Å². The van der Waals surface area contributed by atoms with E-state index >= 15 is 0 Å². The molecule has 4 rings (SSSR count). The maximum atomic E-state index is 13.2. The van der Waals surface area contributed by atoms with E-state index in [-0.39, 0.29) is 5.56 Å². The topological polar surface area (TPSA) is 34.9 Å². The van der Waals surface area contributed by atoms with Gasteiger partial charge in [0.1, 0.15) is 5.82 Å². The lowest BCUT2D eigenvalue weighted by Crippen LogP contribution is -2.24. The Hall–Kier alpha value is -3.20. The van der Waals surface area contributed by atoms with Crippen LogP contribution in [0.25, 0.3) is 22.3 Å². The number of hydrogen-bond donors (Lipinski definition) is 0. The fraction of sp³-hybridized carbons (Fsp3) is 0.130. The van der Waals surface area contributed by atoms with Gasteiger partial charge in [-0.2, -0.15) is 0 Å². The summed E-state index contributed by atoms with van der Waals surface area (Å²) in [6.07, 6.45) is 0.791. The average Bonchev–Trinajstić information content (AvgIpc) is 2.68. The first-order valence-electron chi connectivity index (χ1n) is 8.83. The predicted octanol–water partition coefficient (Wildman–Crippen LogP) is 4.61. The van der Waals surface area contributed by atoms with Gasteiger partial charge in [-0.05, 0) is 37.1 Å². The van der Waals surface area contributed by atoms with Crippen LogP contribution in [0, 0.1) is 6.92 Å². The van der Waals surface area contributed by atoms with Crippen LogP contribution < -0.4 is 5.56 Å². The van der Waals surface area contributed by atoms with Crippen LogP contribution in [0.5, 0.6) is 0 Å². The van der Waals surface area contributed by atoms with Crippen molar-refractivity contribution >= 4 is 10.9 Å². The van der Waals surface area contributed by atoms with Crippen molar-refractivity contribution in [1.29, 1.82) is 0 Å². The van der Waals surface area contributed by atoms with Gasteiger partial charge in [0.05, 0.1) is 10.9 Å². The summed E-state index contributed by atoms with van der Waals surface area (Å²) in [7, 11) is 0. The minimum absolute atomic E-state index is 0.0167. The van der Waals surface area contributed by atoms with Crippen LogP contribution in [-0.2, 0) is 13.0 Å². The van der Waals surface area contributed by atoms with Gasteiger partial charge in [0.25, 0.3) is 5.56 Å². The molecule has 3 heteroatoms. The van der Waals surface area contributed by atoms with Gasteiger partial charge < -0.3 is 0 Å². The number of rotatable bonds is 4. The molecule has 0 atom stereocenters. The number of nitrogens with zero attached hydrogens (tertiary/aromatic N) is 2. The molecule has 1 heterocycles. The molecular formula is C23H20N2O. The zero-order chi connectivity index (χ0) is 17.9. The molecule has 3 nitrogen and oxygen atoms in total. The lowest BCUT2D eigenvalue weighted by molar-refractivity contribution is 0.671. The third kappa shape index (κ3) is 3.16. The third-order valence-corrected chi connectivity index (χ3v) is 4.60. The molecule has 0 aliphatic carbocycles. The van der Waals surface area contributed by atoms with Crippen LogP contribution in [-0.4, -0.2) is 9.55 Å². The quantitative estimate of drug-likeness (QED) is 0.543. The largest absolute Gasteiger partial charge is 0.292 e. The van der Waals surface area contributed by atoms with Crippen LogP contribution in [0.1, 0.15) is 11.1 Å². The summed E-state index contributed by atoms with van der Waals surface area (Å²) in [5.74, 6) is 0.730. The van der Waals surface area contributed by atoms with Crippen molar-refractivity contribution in [2.75, 3.05) is 0 Å². The smallest absolute Gasteiger partial charge is 0.261 e. The number of aromatic nitrogens is 2. The Morgan fingerprint density at radius 1 is 0.885 bits per heavy atom. The summed E-state index contributed by atoms with van der Waals surface area (Å²) < 4.78 is 1.81. The maximum Gasteiger partial charge on any atom is 0.261 e. The summed E-state index contributed by atoms with van der Waals surface area (Å²) in [5, 5.41) is 0.664. The summed E-state index contributed by atoms with van der Waals surface area (Å²) in [6, 6.07) is 26.0. The van der Waals surface area contributed by atoms with E-state index in [0.29, 0.717) is 11.9 Å². The lowest BCUT2D eigenvalue weighted by Gasteiger charge is -2.14. The molecule has 0 radical (unpaired) electrons. The van der Waals surface area contributed by atoms with Gasteiger partial charge in [-0.1, -0.05) is 66.2 Å². The van der Waals surface area contributed by atoms with E-state index in [1.807, 2.05) is 59.2 Å². The predicted molar refractivity (Wildman–Crippen MR) is 106 cm³/mol. The van der Waals surface area contributed by atoms with E-state index in [1.54, 1.807) is 0 Å². The monoisotopic (exact) mass is 340 g/mol. The SMILES string of the molecule is Cc1cccc(-c2nc3ccccc3c(=O)n2CCc2ccccc2)c1. The van der Waals surface area contributed by atoms with Crippen LogP contribution in [0.4, 0.5) is 0 Å². The normalized spacial score (nSPS) is 11.0. The zero-order valence-electron chi connectivity index (χ0n) is 14.7. The second-order valence-electron chi connectivity index (χ2n) is 6.51. The van der Waals surface area contributed by atoms with Crippen LogP contribution in [0.2, 0.25) is 0 Å². The van der Waals surface area contributed by atoms with E-state index in [0.717, 1.165) is 28.9 Å². The standard InChI is InChI=1S/C23H20N2O/c1-17-8-7-11-19(16-17)22-24-21-13-6-5-12-20(21)23(26)25(22)15-14-18-9-3-2-4-10-18/h2-13,16H,14-15H2,1H3. The fourth-order valence-electron chi connectivity index (χ4n) is 3.27. The summed E-state index contributed by atoms with van der Waals surface area (Å²) in [5.41, 5.74) is 4.09. The Morgan fingerprint density at radius 2 is 1.65 bits per heavy atom. The first-order chi connectivity index (χ1) is 12.7. The first-order valence-corrected chi connectivity index (χ1v) is 8.83. The number of fused-ring (bicyclic) bond motifs is 1. The number of para-hydroxylation sites is 1. The van der Waals surface area contributed by atoms with Crippen molar-refractivity contribution in [2.45, 2.75) is 19.9 Å². The minimum Gasteiger partial charge on any atom is -0.292 e. The number of hydrogen-bond acceptors (Lipinski definition) is 2. The molecular weight excluding hydrogens is 320 g/mol. The van der Waals surface area contributed by atoms with Crippen molar-refractivity contribution in [3.05, 3.63) is 100 Å². The molecule has 0 saturated carbocycles. The fourth-order valence-corrected chi connectivity index (χ4v) is 3.27. The Labute approximate surface area is 152 Å². The number of benzene rings is 3. The Bertz CT molecular complexity index is 1110. The molecule has 0 bridgehead atoms. The van der Waals surface area contributed by atoms with Gasteiger partial charge in [0.15, 0.2) is 0 Å². The highest BCUT2D eigenvalue weighted by Crippen LogP contribution is 2.20. The molecule has 128 valence electrons. The van der Waals surface area contributed by atoms with E-state index in [4.69, 9.17) is 4.98 Å². The Morgan fingerprint density at radius 3 is 2.46 bits per heavy atom. The molecule has 0 amide bonds. The lowest BCUT2D eigenvalue weighted by atomic mass is 10.1. The van der Waals surface area contributed by atoms with E-state index in [9.17, 15) is 4.79 Å². The van der Waals surface area contributed by atoms with E-state index < -0.39 is 0 Å². The molecule has 3 aromatic carbocycles. The van der Waals surface area contributed by atoms with Crippen LogP contribution in [0.15, 0.2) is 83.7 Å². The molecule has 0 fully saturated rings. The second-order valence-corrected chi connectivity index (χ2v) is 6.51. The molecule has 0 N–H and O–H groups in total. The van der Waals surface area contributed by atoms with E-state index in [2.05, 4.69) is 31.2 Å². The highest BCUT2D eigenvalue weighted by Gasteiger charge is 2.12. The van der Waals surface area contributed by atoms with Gasteiger partial charge in [-0.15, -0.1) is 0 Å². The second kappa shape index (κ2) is 6.96. The molecule has 26 heavy (non-hydrogen) atoms. The molecule has 0 aliphatic rings. The highest BCUT2D eigenvalue weighted by molar-refractivity contribution is 5.79. The summed E-state index contributed by atoms with van der Waals surface area (Å²) >= 11 is 0. The van der Waals surface area contributed by atoms with Crippen molar-refractivity contribution < 1.29 is 0 Å². The summed E-state index contributed by atoms with van der Waals surface area (Å²) in [4.78, 5) is 18.0. The molecule has 1 aromatic heterocycles. The van der Waals surface area contributed by atoms with Crippen LogP contribution >= 0.6 is 0 Å². The van der Waals surface area contributed by atoms with Crippen molar-refractivity contribution in [1.82, 2.24) is 9.55 Å². The van der Waals surface area contributed by atoms with Crippen molar-refractivity contribution in [3.63, 3.8) is 0 Å². The third-order valence-electron chi connectivity index (χ3n) is 4.60. The minimum atomic E-state index is 0.0167. The Balaban J connectivity index is 1.86. The summed E-state index contributed by atoms with van der Waals surface area (Å²) in [6.45, 7) is 2.65. The molecule has 0 unspecified atom stereocenters. The van der Waals surface area contributed by atoms with Crippen molar-refractivity contribution in [3.8, 4) is 11.4 Å². The molecule has 4 aromatic rings. The number of aryl methyl sites for hydroxylation is 2. The van der Waals surface area contributed by atoms with Gasteiger partial charge in [-0.25, -0.2) is 4.98 Å². The van der Waals surface area contributed by atoms with Gasteiger partial charge in [0, 0.05) is 12.1 Å². The molecule has 0 saturated heterocycles. The van der Waals surface area contributed by atoms with Crippen molar-refractivity contribution in [2.24, 2.45) is 0 Å². The van der Waals surface area contributed by atoms with Gasteiger partial charge in [0.2, 0.25) is 0 Å². The first kappa shape index (κ1) is 16.3. The maximum absolute atomic E-state index is 13.2. The Kier molecular flexibility index (Phi) is 4.36. The zero-order valence-corrected chi connectivity index (χ0v) is 14.7.